The van der Waals surface area contributed by atoms with Crippen LogP contribution < -0.4 is 5.32 Å². The third-order valence-corrected chi connectivity index (χ3v) is 5.18. The van der Waals surface area contributed by atoms with E-state index in [1.54, 1.807) is 12.2 Å². The zero-order chi connectivity index (χ0) is 18.7. The molecule has 1 aliphatic heterocycles. The van der Waals surface area contributed by atoms with Gasteiger partial charge in [-0.15, -0.1) is 0 Å². The molecular formula is C22H25NO3. The van der Waals surface area contributed by atoms with Gasteiger partial charge in [-0.1, -0.05) is 37.3 Å². The van der Waals surface area contributed by atoms with Gasteiger partial charge in [-0.3, -0.25) is 9.59 Å². The molecule has 1 heterocycles. The van der Waals surface area contributed by atoms with Crippen molar-refractivity contribution in [3.8, 4) is 0 Å². The van der Waals surface area contributed by atoms with E-state index in [1.807, 2.05) is 43.3 Å². The molecule has 2 atom stereocenters. The fraction of sp³-hybridized carbons (Fsp3) is 0.364. The number of Topliss-reactive ketones (excluding diaryl/α,β-unsaturated/α-hetero) is 1. The van der Waals surface area contributed by atoms with E-state index in [0.29, 0.717) is 24.2 Å². The summed E-state index contributed by atoms with van der Waals surface area (Å²) in [4.78, 5) is 24.9. The Kier molecular flexibility index (Phi) is 5.12. The molecule has 1 aliphatic carbocycles. The molecule has 0 aromatic heterocycles. The number of hydrogen-bond donors (Lipinski definition) is 1. The third kappa shape index (κ3) is 3.79. The van der Waals surface area contributed by atoms with Crippen LogP contribution in [0.2, 0.25) is 0 Å². The summed E-state index contributed by atoms with van der Waals surface area (Å²) in [5, 5.41) is 3.06. The van der Waals surface area contributed by atoms with Gasteiger partial charge in [0.2, 0.25) is 5.91 Å². The van der Waals surface area contributed by atoms with Gasteiger partial charge in [0.05, 0.1) is 12.6 Å². The Hall–Kier alpha value is -2.62. The van der Waals surface area contributed by atoms with Crippen molar-refractivity contribution in [2.75, 3.05) is 6.61 Å². The van der Waals surface area contributed by atoms with Crippen LogP contribution in [0, 0.1) is 5.41 Å². The molecule has 0 spiro atoms. The highest BCUT2D eigenvalue weighted by Gasteiger charge is 2.38. The smallest absolute Gasteiger partial charge is 0.247 e. The summed E-state index contributed by atoms with van der Waals surface area (Å²) in [6, 6.07) is 9.74. The number of ether oxygens (including phenoxy) is 1. The zero-order valence-electron chi connectivity index (χ0n) is 15.5. The van der Waals surface area contributed by atoms with Crippen LogP contribution >= 0.6 is 0 Å². The molecule has 2 aliphatic rings. The van der Waals surface area contributed by atoms with Crippen molar-refractivity contribution in [1.29, 1.82) is 0 Å². The van der Waals surface area contributed by atoms with E-state index in [0.717, 1.165) is 17.7 Å². The molecule has 136 valence electrons. The van der Waals surface area contributed by atoms with Gasteiger partial charge < -0.3 is 10.1 Å². The predicted octanol–water partition coefficient (Wildman–Crippen LogP) is 4.02. The molecule has 1 amide bonds. The summed E-state index contributed by atoms with van der Waals surface area (Å²) in [5.41, 5.74) is 1.98. The molecule has 4 nitrogen and oxygen atoms in total. The number of carbonyl (C=O) groups excluding carboxylic acids is 2. The van der Waals surface area contributed by atoms with Crippen molar-refractivity contribution < 1.29 is 14.3 Å². The van der Waals surface area contributed by atoms with E-state index < -0.39 is 0 Å². The van der Waals surface area contributed by atoms with Crippen LogP contribution in [-0.2, 0) is 14.3 Å². The van der Waals surface area contributed by atoms with Crippen LogP contribution in [0.15, 0.2) is 65.5 Å². The standard InChI is InChI=1S/C22H25NO3/c1-15(17-7-5-4-6-8-17)23-21(25)19-13-18(16(2)24)9-10-20-22(3,14-19)11-12-26-20/h4-10,13,15H,11-12,14H2,1-3H3,(H,23,25)/b18-9+,19-13+,20-10+/t15-,22+/m0/s1. The fourth-order valence-corrected chi connectivity index (χ4v) is 3.46. The highest BCUT2D eigenvalue weighted by atomic mass is 16.5. The van der Waals surface area contributed by atoms with Gasteiger partial charge in [0.15, 0.2) is 5.78 Å². The molecule has 1 saturated heterocycles. The molecular weight excluding hydrogens is 326 g/mol. The normalized spacial score (nSPS) is 29.3. The Morgan fingerprint density at radius 2 is 1.92 bits per heavy atom. The summed E-state index contributed by atoms with van der Waals surface area (Å²) in [6.07, 6.45) is 6.78. The molecule has 3 rings (SSSR count). The molecule has 0 unspecified atom stereocenters. The molecule has 1 aromatic rings. The molecule has 0 saturated carbocycles. The Morgan fingerprint density at radius 1 is 1.19 bits per heavy atom. The van der Waals surface area contributed by atoms with E-state index in [9.17, 15) is 9.59 Å². The van der Waals surface area contributed by atoms with E-state index >= 15 is 0 Å². The highest BCUT2D eigenvalue weighted by molar-refractivity contribution is 6.01. The van der Waals surface area contributed by atoms with E-state index in [2.05, 4.69) is 12.2 Å². The molecule has 4 heteroatoms. The summed E-state index contributed by atoms with van der Waals surface area (Å²) >= 11 is 0. The third-order valence-electron chi connectivity index (χ3n) is 5.18. The average molecular weight is 351 g/mol. The second kappa shape index (κ2) is 7.32. The maximum absolute atomic E-state index is 13.0. The lowest BCUT2D eigenvalue weighted by atomic mass is 9.78. The number of benzene rings is 1. The lowest BCUT2D eigenvalue weighted by Gasteiger charge is -2.26. The minimum absolute atomic E-state index is 0.0649. The van der Waals surface area contributed by atoms with Crippen LogP contribution in [-0.4, -0.2) is 18.3 Å². The Balaban J connectivity index is 1.87. The van der Waals surface area contributed by atoms with Crippen LogP contribution in [0.1, 0.15) is 45.2 Å². The fourth-order valence-electron chi connectivity index (χ4n) is 3.46. The van der Waals surface area contributed by atoms with Crippen molar-refractivity contribution in [2.45, 2.75) is 39.7 Å². The van der Waals surface area contributed by atoms with Gasteiger partial charge in [0.1, 0.15) is 5.76 Å². The van der Waals surface area contributed by atoms with Gasteiger partial charge in [-0.05, 0) is 50.5 Å². The number of nitrogens with one attached hydrogen (secondary N) is 1. The van der Waals surface area contributed by atoms with Crippen LogP contribution in [0.4, 0.5) is 0 Å². The molecule has 1 aromatic carbocycles. The first-order valence-corrected chi connectivity index (χ1v) is 9.02. The topological polar surface area (TPSA) is 55.4 Å². The highest BCUT2D eigenvalue weighted by Crippen LogP contribution is 2.44. The van der Waals surface area contributed by atoms with Crippen molar-refractivity contribution in [3.63, 3.8) is 0 Å². The zero-order valence-corrected chi connectivity index (χ0v) is 15.5. The second-order valence-electron chi connectivity index (χ2n) is 7.32. The number of ketones is 1. The number of rotatable bonds is 4. The van der Waals surface area contributed by atoms with E-state index in [-0.39, 0.29) is 23.1 Å². The Morgan fingerprint density at radius 3 is 2.62 bits per heavy atom. The second-order valence-corrected chi connectivity index (χ2v) is 7.32. The van der Waals surface area contributed by atoms with Gasteiger partial charge in [0.25, 0.3) is 0 Å². The monoisotopic (exact) mass is 351 g/mol. The van der Waals surface area contributed by atoms with Crippen LogP contribution in [0.5, 0.6) is 0 Å². The maximum Gasteiger partial charge on any atom is 0.247 e. The first-order valence-electron chi connectivity index (χ1n) is 9.02. The predicted molar refractivity (Wildman–Crippen MR) is 101 cm³/mol. The van der Waals surface area contributed by atoms with Crippen molar-refractivity contribution in [1.82, 2.24) is 5.32 Å². The van der Waals surface area contributed by atoms with Crippen LogP contribution in [0.25, 0.3) is 0 Å². The molecule has 0 bridgehead atoms. The minimum Gasteiger partial charge on any atom is -0.497 e. The van der Waals surface area contributed by atoms with Crippen molar-refractivity contribution in [2.24, 2.45) is 5.41 Å². The van der Waals surface area contributed by atoms with Crippen LogP contribution in [0.3, 0.4) is 0 Å². The lowest BCUT2D eigenvalue weighted by Crippen LogP contribution is -2.31. The Bertz CT molecular complexity index is 804. The number of allylic oxidation sites excluding steroid dienone is 5. The lowest BCUT2D eigenvalue weighted by molar-refractivity contribution is -0.118. The largest absolute Gasteiger partial charge is 0.497 e. The maximum atomic E-state index is 13.0. The van der Waals surface area contributed by atoms with E-state index in [1.165, 1.54) is 6.92 Å². The Labute approximate surface area is 154 Å². The van der Waals surface area contributed by atoms with Gasteiger partial charge in [0, 0.05) is 16.6 Å². The summed E-state index contributed by atoms with van der Waals surface area (Å²) in [7, 11) is 0. The van der Waals surface area contributed by atoms with Gasteiger partial charge >= 0.3 is 0 Å². The minimum atomic E-state index is -0.210. The summed E-state index contributed by atoms with van der Waals surface area (Å²) in [6.45, 7) is 6.23. The number of amides is 1. The van der Waals surface area contributed by atoms with Crippen molar-refractivity contribution >= 4 is 11.7 Å². The van der Waals surface area contributed by atoms with Gasteiger partial charge in [-0.25, -0.2) is 0 Å². The number of carbonyl (C=O) groups is 2. The summed E-state index contributed by atoms with van der Waals surface area (Å²) < 4.78 is 5.75. The average Bonchev–Trinajstić information content (AvgIpc) is 2.95. The van der Waals surface area contributed by atoms with E-state index in [4.69, 9.17) is 4.74 Å². The first-order chi connectivity index (χ1) is 12.4. The molecule has 26 heavy (non-hydrogen) atoms. The molecule has 1 N–H and O–H groups in total. The number of hydrogen-bond acceptors (Lipinski definition) is 3. The number of fused-ring (bicyclic) bond motifs is 1. The molecule has 1 fully saturated rings. The molecule has 0 radical (unpaired) electrons. The van der Waals surface area contributed by atoms with Crippen molar-refractivity contribution in [3.05, 3.63) is 71.0 Å². The van der Waals surface area contributed by atoms with Gasteiger partial charge in [-0.2, -0.15) is 0 Å². The SMILES string of the molecule is CC(=O)C1=C/C=C2/OCC[C@]2(C)C/C(C(=O)N[C@@H](C)c2ccccc2)=C\1. The summed E-state index contributed by atoms with van der Waals surface area (Å²) in [5.74, 6) is 0.651. The first kappa shape index (κ1) is 18.2. The quantitative estimate of drug-likeness (QED) is 0.891.